The quantitative estimate of drug-likeness (QED) is 0.679. The van der Waals surface area contributed by atoms with Crippen molar-refractivity contribution in [3.8, 4) is 0 Å². The summed E-state index contributed by atoms with van der Waals surface area (Å²) in [7, 11) is 1.32. The van der Waals surface area contributed by atoms with Gasteiger partial charge in [-0.2, -0.15) is 0 Å². The molecule has 0 bridgehead atoms. The number of aromatic nitrogens is 1. The zero-order chi connectivity index (χ0) is 17.1. The smallest absolute Gasteiger partial charge is 0.347 e. The fourth-order valence-corrected chi connectivity index (χ4v) is 2.37. The molecule has 24 heavy (non-hydrogen) atoms. The predicted molar refractivity (Wildman–Crippen MR) is 91.8 cm³/mol. The lowest BCUT2D eigenvalue weighted by molar-refractivity contribution is 0.0600. The van der Waals surface area contributed by atoms with Gasteiger partial charge in [0.15, 0.2) is 0 Å². The highest BCUT2D eigenvalue weighted by Gasteiger charge is 2.09. The van der Waals surface area contributed by atoms with Gasteiger partial charge in [-0.15, -0.1) is 0 Å². The molecule has 0 radical (unpaired) electrons. The molecule has 0 aliphatic heterocycles. The molecular formula is C18H12ClNO4. The third-order valence-electron chi connectivity index (χ3n) is 3.36. The summed E-state index contributed by atoms with van der Waals surface area (Å²) in [6.45, 7) is 0. The molecule has 6 heteroatoms. The topological polar surface area (TPSA) is 69.4 Å². The Kier molecular flexibility index (Phi) is 4.44. The number of carbonyl (C=O) groups excluding carboxylic acids is 1. The molecule has 120 valence electrons. The van der Waals surface area contributed by atoms with E-state index >= 15 is 0 Å². The summed E-state index contributed by atoms with van der Waals surface area (Å²) in [6, 6.07) is 13.5. The summed E-state index contributed by atoms with van der Waals surface area (Å²) in [5.41, 5.74) is 1.17. The van der Waals surface area contributed by atoms with E-state index in [1.165, 1.54) is 7.11 Å². The van der Waals surface area contributed by atoms with Crippen molar-refractivity contribution >= 4 is 39.6 Å². The molecule has 3 aromatic rings. The van der Waals surface area contributed by atoms with Gasteiger partial charge in [-0.05, 0) is 35.9 Å². The molecule has 2 aromatic carbocycles. The highest BCUT2D eigenvalue weighted by atomic mass is 35.5. The van der Waals surface area contributed by atoms with Crippen molar-refractivity contribution in [2.75, 3.05) is 7.11 Å². The average Bonchev–Trinajstić information content (AvgIpc) is 2.61. The lowest BCUT2D eigenvalue weighted by Gasteiger charge is -2.02. The van der Waals surface area contributed by atoms with Gasteiger partial charge < -0.3 is 9.15 Å². The van der Waals surface area contributed by atoms with E-state index in [0.717, 1.165) is 5.56 Å². The third-order valence-corrected chi connectivity index (χ3v) is 3.64. The SMILES string of the molecule is COC(=O)c1ccc(C=C(Cl)c2nc3ccccc3c(=O)o2)cc1. The van der Waals surface area contributed by atoms with E-state index in [-0.39, 0.29) is 10.9 Å². The Morgan fingerprint density at radius 1 is 1.17 bits per heavy atom. The first-order valence-corrected chi connectivity index (χ1v) is 7.42. The van der Waals surface area contributed by atoms with E-state index in [0.29, 0.717) is 16.5 Å². The molecular weight excluding hydrogens is 330 g/mol. The number of rotatable bonds is 3. The van der Waals surface area contributed by atoms with E-state index < -0.39 is 11.6 Å². The maximum atomic E-state index is 12.0. The van der Waals surface area contributed by atoms with Crippen LogP contribution in [0.4, 0.5) is 0 Å². The Morgan fingerprint density at radius 2 is 1.88 bits per heavy atom. The van der Waals surface area contributed by atoms with Gasteiger partial charge in [-0.25, -0.2) is 14.6 Å². The van der Waals surface area contributed by atoms with Crippen LogP contribution in [0.1, 0.15) is 21.8 Å². The van der Waals surface area contributed by atoms with Crippen molar-refractivity contribution in [3.63, 3.8) is 0 Å². The Hall–Kier alpha value is -2.92. The maximum absolute atomic E-state index is 12.0. The fraction of sp³-hybridized carbons (Fsp3) is 0.0556. The van der Waals surface area contributed by atoms with Crippen LogP contribution in [0.15, 0.2) is 57.7 Å². The minimum atomic E-state index is -0.497. The second-order valence-electron chi connectivity index (χ2n) is 4.93. The van der Waals surface area contributed by atoms with E-state index in [1.54, 1.807) is 54.6 Å². The van der Waals surface area contributed by atoms with E-state index in [2.05, 4.69) is 9.72 Å². The Labute approximate surface area is 142 Å². The third kappa shape index (κ3) is 3.21. The van der Waals surface area contributed by atoms with Crippen molar-refractivity contribution < 1.29 is 13.9 Å². The van der Waals surface area contributed by atoms with Gasteiger partial charge in [0, 0.05) is 0 Å². The van der Waals surface area contributed by atoms with Crippen LogP contribution < -0.4 is 5.63 Å². The first-order chi connectivity index (χ1) is 11.6. The average molecular weight is 342 g/mol. The summed E-state index contributed by atoms with van der Waals surface area (Å²) in [4.78, 5) is 27.6. The summed E-state index contributed by atoms with van der Waals surface area (Å²) in [5.74, 6) is -0.378. The van der Waals surface area contributed by atoms with Crippen LogP contribution in [0.3, 0.4) is 0 Å². The Balaban J connectivity index is 1.96. The lowest BCUT2D eigenvalue weighted by Crippen LogP contribution is -2.03. The highest BCUT2D eigenvalue weighted by molar-refractivity contribution is 6.50. The van der Waals surface area contributed by atoms with Crippen LogP contribution >= 0.6 is 11.6 Å². The minimum Gasteiger partial charge on any atom is -0.465 e. The number of fused-ring (bicyclic) bond motifs is 1. The van der Waals surface area contributed by atoms with Crippen LogP contribution in [0.5, 0.6) is 0 Å². The molecule has 0 aliphatic rings. The lowest BCUT2D eigenvalue weighted by atomic mass is 10.1. The number of ether oxygens (including phenoxy) is 1. The van der Waals surface area contributed by atoms with Crippen molar-refractivity contribution in [2.45, 2.75) is 0 Å². The van der Waals surface area contributed by atoms with Gasteiger partial charge in [0.2, 0.25) is 5.89 Å². The molecule has 1 aromatic heterocycles. The van der Waals surface area contributed by atoms with Crippen molar-refractivity contribution in [3.05, 3.63) is 76.0 Å². The van der Waals surface area contributed by atoms with E-state index in [4.69, 9.17) is 16.0 Å². The van der Waals surface area contributed by atoms with Crippen LogP contribution in [-0.2, 0) is 4.74 Å². The highest BCUT2D eigenvalue weighted by Crippen LogP contribution is 2.21. The summed E-state index contributed by atoms with van der Waals surface area (Å²) >= 11 is 6.22. The first-order valence-electron chi connectivity index (χ1n) is 7.04. The summed E-state index contributed by atoms with van der Waals surface area (Å²) < 4.78 is 9.80. The molecule has 0 N–H and O–H groups in total. The number of esters is 1. The zero-order valence-electron chi connectivity index (χ0n) is 12.7. The van der Waals surface area contributed by atoms with Crippen LogP contribution in [0.2, 0.25) is 0 Å². The number of hydrogen-bond donors (Lipinski definition) is 0. The van der Waals surface area contributed by atoms with Crippen LogP contribution in [0.25, 0.3) is 22.0 Å². The van der Waals surface area contributed by atoms with Gasteiger partial charge in [-0.3, -0.25) is 0 Å². The fourth-order valence-electron chi connectivity index (χ4n) is 2.16. The molecule has 0 fully saturated rings. The maximum Gasteiger partial charge on any atom is 0.347 e. The standard InChI is InChI=1S/C18H12ClNO4/c1-23-17(21)12-8-6-11(7-9-12)10-14(19)16-20-15-5-3-2-4-13(15)18(22)24-16/h2-10H,1H3. The van der Waals surface area contributed by atoms with Gasteiger partial charge in [-0.1, -0.05) is 35.9 Å². The predicted octanol–water partition coefficient (Wildman–Crippen LogP) is 3.71. The number of carbonyl (C=O) groups is 1. The van der Waals surface area contributed by atoms with E-state index in [1.807, 2.05) is 0 Å². The van der Waals surface area contributed by atoms with Crippen LogP contribution in [0, 0.1) is 0 Å². The van der Waals surface area contributed by atoms with Crippen molar-refractivity contribution in [1.82, 2.24) is 4.98 Å². The molecule has 0 saturated carbocycles. The van der Waals surface area contributed by atoms with Gasteiger partial charge in [0.05, 0.1) is 23.6 Å². The first kappa shape index (κ1) is 16.0. The second kappa shape index (κ2) is 6.68. The molecule has 3 rings (SSSR count). The zero-order valence-corrected chi connectivity index (χ0v) is 13.4. The molecule has 0 spiro atoms. The number of nitrogens with zero attached hydrogens (tertiary/aromatic N) is 1. The normalized spacial score (nSPS) is 11.5. The molecule has 0 unspecified atom stereocenters. The van der Waals surface area contributed by atoms with Crippen LogP contribution in [-0.4, -0.2) is 18.1 Å². The number of halogens is 1. The largest absolute Gasteiger partial charge is 0.465 e. The molecule has 0 saturated heterocycles. The van der Waals surface area contributed by atoms with Crippen molar-refractivity contribution in [2.24, 2.45) is 0 Å². The van der Waals surface area contributed by atoms with Gasteiger partial charge in [0.25, 0.3) is 0 Å². The van der Waals surface area contributed by atoms with E-state index in [9.17, 15) is 9.59 Å². The number of methoxy groups -OCH3 is 1. The molecule has 0 amide bonds. The number of hydrogen-bond acceptors (Lipinski definition) is 5. The number of benzene rings is 2. The minimum absolute atomic E-state index is 0.0393. The Bertz CT molecular complexity index is 990. The Morgan fingerprint density at radius 3 is 2.58 bits per heavy atom. The molecule has 0 aliphatic carbocycles. The number of para-hydroxylation sites is 1. The summed E-state index contributed by atoms with van der Waals surface area (Å²) in [5, 5.41) is 0.580. The molecule has 0 atom stereocenters. The van der Waals surface area contributed by atoms with Gasteiger partial charge in [0.1, 0.15) is 5.03 Å². The van der Waals surface area contributed by atoms with Gasteiger partial charge >= 0.3 is 11.6 Å². The summed E-state index contributed by atoms with van der Waals surface area (Å²) in [6.07, 6.45) is 1.60. The second-order valence-corrected chi connectivity index (χ2v) is 5.34. The molecule has 1 heterocycles. The molecule has 5 nitrogen and oxygen atoms in total. The monoisotopic (exact) mass is 341 g/mol. The van der Waals surface area contributed by atoms with Crippen molar-refractivity contribution in [1.29, 1.82) is 0 Å².